The molecule has 3 aliphatic carbocycles. The second-order valence-corrected chi connectivity index (χ2v) is 10.2. The number of nitrogens with zero attached hydrogens (tertiary/aromatic N) is 1. The van der Waals surface area contributed by atoms with E-state index in [2.05, 4.69) is 29.6 Å². The summed E-state index contributed by atoms with van der Waals surface area (Å²) in [5.41, 5.74) is 4.21. The zero-order valence-corrected chi connectivity index (χ0v) is 18.9. The molecule has 4 aliphatic rings. The van der Waals surface area contributed by atoms with Crippen LogP contribution in [-0.4, -0.2) is 53.2 Å². The fraction of sp³-hybridized carbons (Fsp3) is 0.444. The van der Waals surface area contributed by atoms with Gasteiger partial charge in [0.2, 0.25) is 5.91 Å². The van der Waals surface area contributed by atoms with Gasteiger partial charge in [0.1, 0.15) is 12.6 Å². The molecule has 1 saturated heterocycles. The van der Waals surface area contributed by atoms with Crippen LogP contribution in [0, 0.1) is 11.3 Å². The number of fused-ring (bicyclic) bond motifs is 4. The molecule has 0 aromatic heterocycles. The number of nitrogens with one attached hydrogen (secondary N) is 1. The lowest BCUT2D eigenvalue weighted by Crippen LogP contribution is -2.45. The molecule has 0 radical (unpaired) electrons. The average Bonchev–Trinajstić information content (AvgIpc) is 3.18. The van der Waals surface area contributed by atoms with Crippen molar-refractivity contribution < 1.29 is 24.2 Å². The minimum Gasteiger partial charge on any atom is -0.480 e. The van der Waals surface area contributed by atoms with Crippen molar-refractivity contribution in [2.24, 2.45) is 11.3 Å². The van der Waals surface area contributed by atoms with Crippen molar-refractivity contribution >= 4 is 18.0 Å². The molecule has 2 aromatic rings. The highest BCUT2D eigenvalue weighted by molar-refractivity contribution is 5.91. The first-order chi connectivity index (χ1) is 16.5. The normalized spacial score (nSPS) is 28.7. The van der Waals surface area contributed by atoms with E-state index in [1.165, 1.54) is 22.3 Å². The third kappa shape index (κ3) is 3.29. The first-order valence-electron chi connectivity index (χ1n) is 12.1. The van der Waals surface area contributed by atoms with Gasteiger partial charge in [0.25, 0.3) is 0 Å². The predicted octanol–water partition coefficient (Wildman–Crippen LogP) is 3.77. The number of carbonyl (C=O) groups excluding carboxylic acids is 2. The van der Waals surface area contributed by atoms with E-state index in [9.17, 15) is 19.5 Å². The molecule has 34 heavy (non-hydrogen) atoms. The van der Waals surface area contributed by atoms with Crippen molar-refractivity contribution in [2.75, 3.05) is 13.2 Å². The van der Waals surface area contributed by atoms with Gasteiger partial charge >= 0.3 is 12.1 Å². The van der Waals surface area contributed by atoms with E-state index < -0.39 is 23.5 Å². The topological polar surface area (TPSA) is 95.9 Å². The van der Waals surface area contributed by atoms with Gasteiger partial charge in [-0.25, -0.2) is 9.59 Å². The third-order valence-electron chi connectivity index (χ3n) is 8.30. The zero-order chi connectivity index (χ0) is 23.4. The monoisotopic (exact) mass is 460 g/mol. The van der Waals surface area contributed by atoms with Crippen LogP contribution >= 0.6 is 0 Å². The summed E-state index contributed by atoms with van der Waals surface area (Å²) in [5.74, 6) is -0.745. The molecule has 1 aliphatic heterocycles. The molecule has 2 amide bonds. The first-order valence-corrected chi connectivity index (χ1v) is 12.1. The highest BCUT2D eigenvalue weighted by Crippen LogP contribution is 2.64. The van der Waals surface area contributed by atoms with E-state index in [-0.39, 0.29) is 30.4 Å². The summed E-state index contributed by atoms with van der Waals surface area (Å²) in [6.45, 7) is 0.767. The summed E-state index contributed by atoms with van der Waals surface area (Å²) in [4.78, 5) is 39.0. The lowest BCUT2D eigenvalue weighted by atomic mass is 9.98. The standard InChI is InChI=1S/C27H28N2O5/c30-24(31)23-10-5-11-29(23)25(32)27-13-16(27)12-17(14-27)28-26(33)34-15-22-20-8-3-1-6-18(20)19-7-2-4-9-21(19)22/h1-4,6-9,16-17,22-23H,5,10-15H2,(H,28,33)(H,30,31)/t16-,17+,23?,27+/m1/s1. The number of carboxylic acids is 1. The van der Waals surface area contributed by atoms with Gasteiger partial charge in [0, 0.05) is 18.5 Å². The SMILES string of the molecule is O=C(N[C@H]1C[C@@H]2C[C@]2(C(=O)N2CCCC2C(=O)O)C1)OCC1c2ccccc2-c2ccccc21. The Labute approximate surface area is 198 Å². The summed E-state index contributed by atoms with van der Waals surface area (Å²) >= 11 is 0. The highest BCUT2D eigenvalue weighted by atomic mass is 16.5. The lowest BCUT2D eigenvalue weighted by molar-refractivity contribution is -0.150. The molecule has 7 nitrogen and oxygen atoms in total. The average molecular weight is 461 g/mol. The number of alkyl carbamates (subject to hydrolysis) is 1. The molecule has 3 fully saturated rings. The molecule has 2 saturated carbocycles. The van der Waals surface area contributed by atoms with Gasteiger partial charge in [-0.15, -0.1) is 0 Å². The van der Waals surface area contributed by atoms with Crippen LogP contribution < -0.4 is 5.32 Å². The van der Waals surface area contributed by atoms with Crippen molar-refractivity contribution in [3.8, 4) is 11.1 Å². The Morgan fingerprint density at radius 2 is 1.71 bits per heavy atom. The van der Waals surface area contributed by atoms with Gasteiger partial charge in [-0.3, -0.25) is 4.79 Å². The molecule has 176 valence electrons. The van der Waals surface area contributed by atoms with Crippen molar-refractivity contribution in [3.05, 3.63) is 59.7 Å². The van der Waals surface area contributed by atoms with Crippen LogP contribution in [0.1, 0.15) is 49.1 Å². The second-order valence-electron chi connectivity index (χ2n) is 10.2. The Balaban J connectivity index is 1.07. The number of ether oxygens (including phenoxy) is 1. The molecule has 0 spiro atoms. The molecule has 7 heteroatoms. The summed E-state index contributed by atoms with van der Waals surface area (Å²) in [6.07, 6.45) is 2.87. The lowest BCUT2D eigenvalue weighted by Gasteiger charge is -2.26. The number of rotatable bonds is 5. The molecule has 4 atom stereocenters. The number of hydrogen-bond donors (Lipinski definition) is 2. The number of likely N-dealkylation sites (tertiary alicyclic amines) is 1. The maximum Gasteiger partial charge on any atom is 0.407 e. The molecule has 1 heterocycles. The van der Waals surface area contributed by atoms with E-state index in [0.29, 0.717) is 19.4 Å². The highest BCUT2D eigenvalue weighted by Gasteiger charge is 2.66. The quantitative estimate of drug-likeness (QED) is 0.708. The number of aliphatic carboxylic acids is 1. The van der Waals surface area contributed by atoms with Gasteiger partial charge < -0.3 is 20.1 Å². The van der Waals surface area contributed by atoms with Crippen molar-refractivity contribution in [3.63, 3.8) is 0 Å². The fourth-order valence-electron chi connectivity index (χ4n) is 6.62. The van der Waals surface area contributed by atoms with Crippen LogP contribution in [0.15, 0.2) is 48.5 Å². The van der Waals surface area contributed by atoms with Crippen molar-refractivity contribution in [1.29, 1.82) is 0 Å². The molecule has 2 aromatic carbocycles. The Hall–Kier alpha value is -3.35. The van der Waals surface area contributed by atoms with Crippen LogP contribution in [0.25, 0.3) is 11.1 Å². The number of hydrogen-bond acceptors (Lipinski definition) is 4. The second kappa shape index (κ2) is 7.86. The minimum atomic E-state index is -0.925. The number of carboxylic acid groups (broad SMARTS) is 1. The molecule has 6 rings (SSSR count). The van der Waals surface area contributed by atoms with E-state index in [0.717, 1.165) is 19.3 Å². The largest absolute Gasteiger partial charge is 0.480 e. The van der Waals surface area contributed by atoms with Gasteiger partial charge in [0.15, 0.2) is 0 Å². The van der Waals surface area contributed by atoms with Gasteiger partial charge in [0.05, 0.1) is 5.41 Å². The number of amides is 2. The van der Waals surface area contributed by atoms with E-state index in [1.54, 1.807) is 4.90 Å². The van der Waals surface area contributed by atoms with Gasteiger partial charge in [-0.1, -0.05) is 48.5 Å². The third-order valence-corrected chi connectivity index (χ3v) is 8.30. The first kappa shape index (κ1) is 21.2. The van der Waals surface area contributed by atoms with Crippen molar-refractivity contribution in [1.82, 2.24) is 10.2 Å². The summed E-state index contributed by atoms with van der Waals surface area (Å²) < 4.78 is 5.67. The van der Waals surface area contributed by atoms with E-state index >= 15 is 0 Å². The zero-order valence-electron chi connectivity index (χ0n) is 18.9. The maximum absolute atomic E-state index is 13.2. The minimum absolute atomic E-state index is 0.00571. The van der Waals surface area contributed by atoms with E-state index in [1.807, 2.05) is 24.3 Å². The molecular formula is C27H28N2O5. The molecule has 0 bridgehead atoms. The Bertz CT molecular complexity index is 1130. The molecular weight excluding hydrogens is 432 g/mol. The summed E-state index contributed by atoms with van der Waals surface area (Å²) in [7, 11) is 0. The number of carbonyl (C=O) groups is 3. The van der Waals surface area contributed by atoms with E-state index in [4.69, 9.17) is 4.74 Å². The van der Waals surface area contributed by atoms with Crippen LogP contribution in [0.5, 0.6) is 0 Å². The maximum atomic E-state index is 13.2. The summed E-state index contributed by atoms with van der Waals surface area (Å²) in [6, 6.07) is 15.6. The Morgan fingerprint density at radius 1 is 1.03 bits per heavy atom. The predicted molar refractivity (Wildman–Crippen MR) is 124 cm³/mol. The number of benzene rings is 2. The Morgan fingerprint density at radius 3 is 2.38 bits per heavy atom. The van der Waals surface area contributed by atoms with Crippen molar-refractivity contribution in [2.45, 2.75) is 50.1 Å². The van der Waals surface area contributed by atoms with Gasteiger partial charge in [-0.2, -0.15) is 0 Å². The summed E-state index contributed by atoms with van der Waals surface area (Å²) in [5, 5.41) is 12.4. The van der Waals surface area contributed by atoms with Crippen LogP contribution in [-0.2, 0) is 14.3 Å². The van der Waals surface area contributed by atoms with Crippen LogP contribution in [0.3, 0.4) is 0 Å². The molecule has 1 unspecified atom stereocenters. The molecule has 2 N–H and O–H groups in total. The van der Waals surface area contributed by atoms with Gasteiger partial charge in [-0.05, 0) is 60.3 Å². The Kier molecular flexibility index (Phi) is 4.90. The van der Waals surface area contributed by atoms with Crippen LogP contribution in [0.2, 0.25) is 0 Å². The fourth-order valence-corrected chi connectivity index (χ4v) is 6.62. The van der Waals surface area contributed by atoms with Crippen LogP contribution in [0.4, 0.5) is 4.79 Å². The smallest absolute Gasteiger partial charge is 0.407 e.